The van der Waals surface area contributed by atoms with E-state index in [-0.39, 0.29) is 23.4 Å². The van der Waals surface area contributed by atoms with Crippen LogP contribution in [-0.2, 0) is 13.5 Å². The molecule has 1 aromatic carbocycles. The van der Waals surface area contributed by atoms with Crippen molar-refractivity contribution in [3.05, 3.63) is 69.6 Å². The van der Waals surface area contributed by atoms with E-state index in [9.17, 15) is 9.59 Å². The molecule has 0 fully saturated rings. The van der Waals surface area contributed by atoms with E-state index in [4.69, 9.17) is 0 Å². The molecule has 0 spiro atoms. The van der Waals surface area contributed by atoms with Crippen molar-refractivity contribution in [2.45, 2.75) is 19.8 Å². The van der Waals surface area contributed by atoms with Crippen LogP contribution in [0, 0.1) is 6.92 Å². The zero-order valence-corrected chi connectivity index (χ0v) is 13.1. The molecule has 5 nitrogen and oxygen atoms in total. The first-order valence-electron chi connectivity index (χ1n) is 7.47. The molecule has 2 aromatic heterocycles. The monoisotopic (exact) mass is 307 g/mol. The van der Waals surface area contributed by atoms with Crippen molar-refractivity contribution in [1.82, 2.24) is 14.8 Å². The predicted molar refractivity (Wildman–Crippen MR) is 88.6 cm³/mol. The summed E-state index contributed by atoms with van der Waals surface area (Å²) in [6.07, 6.45) is 2.39. The Morgan fingerprint density at radius 2 is 1.91 bits per heavy atom. The number of hydrogen-bond acceptors (Lipinski definition) is 4. The summed E-state index contributed by atoms with van der Waals surface area (Å²) in [6.45, 7) is 2.02. The minimum atomic E-state index is -0.396. The summed E-state index contributed by atoms with van der Waals surface area (Å²) < 4.78 is 1.53. The van der Waals surface area contributed by atoms with Crippen molar-refractivity contribution < 1.29 is 4.79 Å². The van der Waals surface area contributed by atoms with Crippen molar-refractivity contribution in [2.75, 3.05) is 0 Å². The summed E-state index contributed by atoms with van der Waals surface area (Å²) in [7, 11) is 1.71. The second-order valence-corrected chi connectivity index (χ2v) is 5.58. The molecule has 0 saturated heterocycles. The quantitative estimate of drug-likeness (QED) is 0.695. The molecule has 0 aliphatic heterocycles. The number of carbonyl (C=O) groups is 1. The smallest absolute Gasteiger partial charge is 0.237 e. The number of nitrogens with zero attached hydrogens (tertiary/aromatic N) is 3. The van der Waals surface area contributed by atoms with Crippen molar-refractivity contribution in [2.24, 2.45) is 7.05 Å². The maximum absolute atomic E-state index is 12.4. The number of carbonyl (C=O) groups excluding carboxylic acids is 1. The Hall–Kier alpha value is -2.82. The Morgan fingerprint density at radius 3 is 2.65 bits per heavy atom. The number of aryl methyl sites for hydroxylation is 3. The highest BCUT2D eigenvalue weighted by Crippen LogP contribution is 2.09. The molecule has 0 unspecified atom stereocenters. The largest absolute Gasteiger partial charge is 0.292 e. The van der Waals surface area contributed by atoms with E-state index >= 15 is 0 Å². The van der Waals surface area contributed by atoms with Gasteiger partial charge < -0.3 is 0 Å². The van der Waals surface area contributed by atoms with Crippen LogP contribution in [0.4, 0.5) is 0 Å². The van der Waals surface area contributed by atoms with Crippen LogP contribution in [-0.4, -0.2) is 20.5 Å². The van der Waals surface area contributed by atoms with Gasteiger partial charge in [-0.3, -0.25) is 19.3 Å². The first-order valence-corrected chi connectivity index (χ1v) is 7.47. The third kappa shape index (κ3) is 3.04. The van der Waals surface area contributed by atoms with Gasteiger partial charge in [-0.15, -0.1) is 0 Å². The van der Waals surface area contributed by atoms with Crippen LogP contribution in [0.25, 0.3) is 11.0 Å². The molecule has 0 radical (unpaired) electrons. The zero-order valence-electron chi connectivity index (χ0n) is 13.1. The fourth-order valence-corrected chi connectivity index (χ4v) is 2.51. The summed E-state index contributed by atoms with van der Waals surface area (Å²) in [4.78, 5) is 28.9. The van der Waals surface area contributed by atoms with Crippen molar-refractivity contribution in [3.8, 4) is 0 Å². The van der Waals surface area contributed by atoms with Gasteiger partial charge in [0.25, 0.3) is 0 Å². The Balaban J connectivity index is 1.88. The summed E-state index contributed by atoms with van der Waals surface area (Å²) in [5.74, 6) is -0.251. The van der Waals surface area contributed by atoms with Crippen LogP contribution in [0.3, 0.4) is 0 Å². The maximum Gasteiger partial charge on any atom is 0.237 e. The van der Waals surface area contributed by atoms with E-state index in [1.165, 1.54) is 10.2 Å². The second kappa shape index (κ2) is 6.12. The molecule has 116 valence electrons. The number of hydrogen-bond donors (Lipinski definition) is 0. The lowest BCUT2D eigenvalue weighted by molar-refractivity contribution is 0.0975. The van der Waals surface area contributed by atoms with Gasteiger partial charge in [0.2, 0.25) is 5.43 Å². The summed E-state index contributed by atoms with van der Waals surface area (Å²) in [6, 6.07) is 11.5. The number of ketones is 1. The average Bonchev–Trinajstić information content (AvgIpc) is 2.57. The highest BCUT2D eigenvalue weighted by molar-refractivity contribution is 5.96. The van der Waals surface area contributed by atoms with E-state index in [0.717, 1.165) is 5.56 Å². The molecule has 0 amide bonds. The van der Waals surface area contributed by atoms with Crippen LogP contribution >= 0.6 is 0 Å². The van der Waals surface area contributed by atoms with E-state index in [2.05, 4.69) is 10.1 Å². The Morgan fingerprint density at radius 1 is 1.17 bits per heavy atom. The van der Waals surface area contributed by atoms with Gasteiger partial charge in [0.15, 0.2) is 11.5 Å². The SMILES string of the molecule is Cc1ccc(CCC(=O)c2nn(C)c3cccnc3c2=O)cc1. The lowest BCUT2D eigenvalue weighted by atomic mass is 10.0. The fraction of sp³-hybridized carbons (Fsp3) is 0.222. The molecule has 3 rings (SSSR count). The molecule has 5 heteroatoms. The average molecular weight is 307 g/mol. The summed E-state index contributed by atoms with van der Waals surface area (Å²) in [5.41, 5.74) is 2.71. The number of rotatable bonds is 4. The van der Waals surface area contributed by atoms with Crippen molar-refractivity contribution in [3.63, 3.8) is 0 Å². The molecule has 0 bridgehead atoms. The summed E-state index contributed by atoms with van der Waals surface area (Å²) >= 11 is 0. The van der Waals surface area contributed by atoms with Gasteiger partial charge in [-0.2, -0.15) is 5.10 Å². The molecule has 0 N–H and O–H groups in total. The standard InChI is InChI=1S/C18H17N3O2/c1-12-5-7-13(8-6-12)9-10-15(22)17-18(23)16-14(21(2)20-17)4-3-11-19-16/h3-8,11H,9-10H2,1-2H3. The number of aromatic nitrogens is 3. The lowest BCUT2D eigenvalue weighted by Gasteiger charge is -2.06. The van der Waals surface area contributed by atoms with Crippen LogP contribution in [0.5, 0.6) is 0 Å². The Bertz CT molecular complexity index is 927. The highest BCUT2D eigenvalue weighted by atomic mass is 16.1. The predicted octanol–water partition coefficient (Wildman–Crippen LogP) is 2.45. The zero-order chi connectivity index (χ0) is 16.4. The molecule has 0 atom stereocenters. The van der Waals surface area contributed by atoms with Gasteiger partial charge in [-0.25, -0.2) is 0 Å². The fourth-order valence-electron chi connectivity index (χ4n) is 2.51. The van der Waals surface area contributed by atoms with E-state index in [0.29, 0.717) is 11.9 Å². The van der Waals surface area contributed by atoms with Gasteiger partial charge >= 0.3 is 0 Å². The van der Waals surface area contributed by atoms with E-state index < -0.39 is 5.43 Å². The molecule has 3 aromatic rings. The van der Waals surface area contributed by atoms with Gasteiger partial charge in [0.1, 0.15) is 5.52 Å². The van der Waals surface area contributed by atoms with Crippen LogP contribution in [0.2, 0.25) is 0 Å². The topological polar surface area (TPSA) is 64.8 Å². The normalized spacial score (nSPS) is 10.9. The number of benzene rings is 1. The Kier molecular flexibility index (Phi) is 4.02. The van der Waals surface area contributed by atoms with E-state index in [1.807, 2.05) is 31.2 Å². The van der Waals surface area contributed by atoms with Gasteiger partial charge in [0.05, 0.1) is 5.52 Å². The lowest BCUT2D eigenvalue weighted by Crippen LogP contribution is -2.23. The van der Waals surface area contributed by atoms with Crippen LogP contribution < -0.4 is 5.43 Å². The van der Waals surface area contributed by atoms with Crippen molar-refractivity contribution in [1.29, 1.82) is 0 Å². The molecule has 0 saturated carbocycles. The second-order valence-electron chi connectivity index (χ2n) is 5.58. The minimum Gasteiger partial charge on any atom is -0.292 e. The minimum absolute atomic E-state index is 0.0363. The Labute approximate surface area is 133 Å². The van der Waals surface area contributed by atoms with Crippen molar-refractivity contribution >= 4 is 16.8 Å². The third-order valence-electron chi connectivity index (χ3n) is 3.84. The highest BCUT2D eigenvalue weighted by Gasteiger charge is 2.17. The first-order chi connectivity index (χ1) is 11.1. The van der Waals surface area contributed by atoms with Gasteiger partial charge in [-0.05, 0) is 31.0 Å². The molecular weight excluding hydrogens is 290 g/mol. The number of fused-ring (bicyclic) bond motifs is 1. The van der Waals surface area contributed by atoms with E-state index in [1.54, 1.807) is 25.4 Å². The molecule has 0 aliphatic carbocycles. The number of pyridine rings is 1. The molecule has 0 aliphatic rings. The third-order valence-corrected chi connectivity index (χ3v) is 3.84. The molecular formula is C18H17N3O2. The van der Waals surface area contributed by atoms with Gasteiger partial charge in [-0.1, -0.05) is 29.8 Å². The maximum atomic E-state index is 12.4. The first kappa shape index (κ1) is 15.1. The summed E-state index contributed by atoms with van der Waals surface area (Å²) in [5, 5.41) is 4.14. The molecule has 2 heterocycles. The van der Waals surface area contributed by atoms with Gasteiger partial charge in [0, 0.05) is 19.7 Å². The van der Waals surface area contributed by atoms with Crippen LogP contribution in [0.1, 0.15) is 28.0 Å². The number of Topliss-reactive ketones (excluding diaryl/α,β-unsaturated/α-hetero) is 1. The molecule has 23 heavy (non-hydrogen) atoms. The van der Waals surface area contributed by atoms with Crippen LogP contribution in [0.15, 0.2) is 47.4 Å².